The van der Waals surface area contributed by atoms with Gasteiger partial charge in [0.15, 0.2) is 5.13 Å². The zero-order valence-electron chi connectivity index (χ0n) is 10.3. The van der Waals surface area contributed by atoms with Crippen LogP contribution >= 0.6 is 11.3 Å². The van der Waals surface area contributed by atoms with Crippen molar-refractivity contribution in [3.8, 4) is 0 Å². The molecule has 1 aliphatic heterocycles. The minimum absolute atomic E-state index is 0.414. The number of halogens is 2. The van der Waals surface area contributed by atoms with E-state index in [-0.39, 0.29) is 0 Å². The van der Waals surface area contributed by atoms with E-state index in [9.17, 15) is 13.6 Å². The van der Waals surface area contributed by atoms with Crippen LogP contribution in [0.5, 0.6) is 0 Å². The Bertz CT molecular complexity index is 480. The molecule has 3 rings (SSSR count). The number of amides is 1. The number of nitrogens with one attached hydrogen (secondary N) is 2. The van der Waals surface area contributed by atoms with Gasteiger partial charge in [-0.1, -0.05) is 0 Å². The Hall–Kier alpha value is -1.08. The number of nitrogens with zero attached hydrogens (tertiary/aromatic N) is 1. The van der Waals surface area contributed by atoms with Crippen LogP contribution in [0.1, 0.15) is 29.8 Å². The number of rotatable bonds is 2. The lowest BCUT2D eigenvalue weighted by Crippen LogP contribution is -2.35. The summed E-state index contributed by atoms with van der Waals surface area (Å²) in [6.45, 7) is -0.431. The second-order valence-corrected chi connectivity index (χ2v) is 6.16. The molecule has 4 nitrogen and oxygen atoms in total. The Balaban J connectivity index is 1.65. The van der Waals surface area contributed by atoms with E-state index in [4.69, 9.17) is 0 Å². The number of fused-ring (bicyclic) bond motifs is 1. The van der Waals surface area contributed by atoms with Crippen LogP contribution in [-0.4, -0.2) is 29.4 Å². The first-order valence-corrected chi connectivity index (χ1v) is 7.26. The van der Waals surface area contributed by atoms with Crippen molar-refractivity contribution >= 4 is 22.4 Å². The average molecular weight is 287 g/mol. The van der Waals surface area contributed by atoms with Crippen molar-refractivity contribution in [3.05, 3.63) is 10.6 Å². The first-order valence-electron chi connectivity index (χ1n) is 6.44. The minimum Gasteiger partial charge on any atom is -0.301 e. The van der Waals surface area contributed by atoms with Crippen LogP contribution in [0.3, 0.4) is 0 Å². The van der Waals surface area contributed by atoms with Gasteiger partial charge in [0.25, 0.3) is 5.92 Å². The molecular weight excluding hydrogens is 272 g/mol. The molecule has 0 bridgehead atoms. The van der Waals surface area contributed by atoms with Gasteiger partial charge in [-0.05, 0) is 25.7 Å². The summed E-state index contributed by atoms with van der Waals surface area (Å²) in [4.78, 5) is 17.5. The highest BCUT2D eigenvalue weighted by atomic mass is 32.1. The van der Waals surface area contributed by atoms with Gasteiger partial charge in [0.1, 0.15) is 0 Å². The first-order chi connectivity index (χ1) is 9.03. The molecular formula is C12H15F2N3OS. The maximum atomic E-state index is 13.0. The molecule has 1 saturated heterocycles. The zero-order valence-corrected chi connectivity index (χ0v) is 11.2. The van der Waals surface area contributed by atoms with Gasteiger partial charge in [-0.3, -0.25) is 10.1 Å². The second-order valence-electron chi connectivity index (χ2n) is 5.08. The summed E-state index contributed by atoms with van der Waals surface area (Å²) in [5.74, 6) is -3.20. The van der Waals surface area contributed by atoms with Gasteiger partial charge >= 0.3 is 0 Å². The maximum absolute atomic E-state index is 13.0. The van der Waals surface area contributed by atoms with E-state index in [1.165, 1.54) is 16.2 Å². The standard InChI is InChI=1S/C12H15F2N3OS/c13-12(14)5-8(15-6-12)10(18)17-11-16-7-3-1-2-4-9(7)19-11/h8,15H,1-6H2,(H,16,17,18). The number of aryl methyl sites for hydroxylation is 2. The van der Waals surface area contributed by atoms with Gasteiger partial charge in [-0.15, -0.1) is 11.3 Å². The summed E-state index contributed by atoms with van der Waals surface area (Å²) in [7, 11) is 0. The number of thiazole rings is 1. The summed E-state index contributed by atoms with van der Waals surface area (Å²) in [6.07, 6.45) is 3.79. The second kappa shape index (κ2) is 4.79. The SMILES string of the molecule is O=C(Nc1nc2c(s1)CCCC2)C1CC(F)(F)CN1. The van der Waals surface area contributed by atoms with Crippen molar-refractivity contribution in [3.63, 3.8) is 0 Å². The zero-order chi connectivity index (χ0) is 13.5. The molecule has 0 spiro atoms. The smallest absolute Gasteiger partial charge is 0.262 e. The van der Waals surface area contributed by atoms with Gasteiger partial charge in [0.2, 0.25) is 5.91 Å². The summed E-state index contributed by atoms with van der Waals surface area (Å²) >= 11 is 1.46. The minimum atomic E-state index is -2.79. The number of aromatic nitrogens is 1. The highest BCUT2D eigenvalue weighted by Gasteiger charge is 2.42. The molecule has 0 saturated carbocycles. The van der Waals surface area contributed by atoms with E-state index in [0.29, 0.717) is 5.13 Å². The van der Waals surface area contributed by atoms with Gasteiger partial charge in [0, 0.05) is 11.3 Å². The first kappa shape index (κ1) is 12.9. The lowest BCUT2D eigenvalue weighted by molar-refractivity contribution is -0.118. The number of hydrogen-bond donors (Lipinski definition) is 2. The molecule has 19 heavy (non-hydrogen) atoms. The van der Waals surface area contributed by atoms with Crippen molar-refractivity contribution < 1.29 is 13.6 Å². The fraction of sp³-hybridized carbons (Fsp3) is 0.667. The highest BCUT2D eigenvalue weighted by Crippen LogP contribution is 2.30. The van der Waals surface area contributed by atoms with Crippen molar-refractivity contribution in [1.82, 2.24) is 10.3 Å². The lowest BCUT2D eigenvalue weighted by Gasteiger charge is -2.08. The molecule has 1 amide bonds. The highest BCUT2D eigenvalue weighted by molar-refractivity contribution is 7.15. The van der Waals surface area contributed by atoms with Crippen LogP contribution in [0, 0.1) is 0 Å². The number of carbonyl (C=O) groups is 1. The number of alkyl halides is 2. The van der Waals surface area contributed by atoms with Crippen LogP contribution in [0.2, 0.25) is 0 Å². The Labute approximate surface area is 113 Å². The molecule has 104 valence electrons. The molecule has 1 atom stereocenters. The molecule has 1 fully saturated rings. The van der Waals surface area contributed by atoms with Crippen molar-refractivity contribution in [2.75, 3.05) is 11.9 Å². The van der Waals surface area contributed by atoms with Gasteiger partial charge in [0.05, 0.1) is 18.3 Å². The largest absolute Gasteiger partial charge is 0.301 e. The lowest BCUT2D eigenvalue weighted by atomic mass is 10.0. The number of hydrogen-bond acceptors (Lipinski definition) is 4. The summed E-state index contributed by atoms with van der Waals surface area (Å²) < 4.78 is 26.0. The van der Waals surface area contributed by atoms with E-state index < -0.39 is 30.8 Å². The van der Waals surface area contributed by atoms with Crippen LogP contribution < -0.4 is 10.6 Å². The summed E-state index contributed by atoms with van der Waals surface area (Å²) in [5, 5.41) is 5.73. The fourth-order valence-corrected chi connectivity index (χ4v) is 3.55. The molecule has 1 aromatic heterocycles. The number of carbonyl (C=O) groups excluding carboxylic acids is 1. The topological polar surface area (TPSA) is 54.0 Å². The van der Waals surface area contributed by atoms with Gasteiger partial charge in [-0.2, -0.15) is 0 Å². The van der Waals surface area contributed by atoms with Crippen LogP contribution in [0.4, 0.5) is 13.9 Å². The quantitative estimate of drug-likeness (QED) is 0.874. The third-order valence-corrected chi connectivity index (χ3v) is 4.57. The molecule has 2 heterocycles. The maximum Gasteiger partial charge on any atom is 0.262 e. The predicted molar refractivity (Wildman–Crippen MR) is 68.7 cm³/mol. The third kappa shape index (κ3) is 2.76. The van der Waals surface area contributed by atoms with Crippen LogP contribution in [-0.2, 0) is 17.6 Å². The van der Waals surface area contributed by atoms with E-state index in [1.54, 1.807) is 0 Å². The third-order valence-electron chi connectivity index (χ3n) is 3.50. The normalized spacial score (nSPS) is 25.1. The molecule has 2 aliphatic rings. The number of anilines is 1. The Morgan fingerprint density at radius 2 is 2.21 bits per heavy atom. The summed E-state index contributed by atoms with van der Waals surface area (Å²) in [6, 6.07) is -0.823. The fourth-order valence-electron chi connectivity index (χ4n) is 2.50. The van der Waals surface area contributed by atoms with E-state index in [0.717, 1.165) is 31.4 Å². The molecule has 1 aliphatic carbocycles. The van der Waals surface area contributed by atoms with Crippen LogP contribution in [0.15, 0.2) is 0 Å². The Morgan fingerprint density at radius 3 is 2.89 bits per heavy atom. The summed E-state index contributed by atoms with van der Waals surface area (Å²) in [5.41, 5.74) is 1.05. The van der Waals surface area contributed by atoms with Crippen LogP contribution in [0.25, 0.3) is 0 Å². The van der Waals surface area contributed by atoms with Crippen molar-refractivity contribution in [2.45, 2.75) is 44.1 Å². The average Bonchev–Trinajstić information content (AvgIpc) is 2.91. The molecule has 0 aromatic carbocycles. The Kier molecular flexibility index (Phi) is 3.26. The molecule has 1 aromatic rings. The van der Waals surface area contributed by atoms with Crippen molar-refractivity contribution in [1.29, 1.82) is 0 Å². The molecule has 0 radical (unpaired) electrons. The Morgan fingerprint density at radius 1 is 1.42 bits per heavy atom. The van der Waals surface area contributed by atoms with E-state index in [2.05, 4.69) is 15.6 Å². The monoisotopic (exact) mass is 287 g/mol. The molecule has 2 N–H and O–H groups in total. The van der Waals surface area contributed by atoms with Crippen molar-refractivity contribution in [2.24, 2.45) is 0 Å². The molecule has 7 heteroatoms. The van der Waals surface area contributed by atoms with Gasteiger partial charge < -0.3 is 5.32 Å². The van der Waals surface area contributed by atoms with Gasteiger partial charge in [-0.25, -0.2) is 13.8 Å². The van der Waals surface area contributed by atoms with E-state index >= 15 is 0 Å². The predicted octanol–water partition coefficient (Wildman–Crippen LogP) is 1.96. The molecule has 1 unspecified atom stereocenters. The van der Waals surface area contributed by atoms with E-state index in [1.807, 2.05) is 0 Å².